The number of benzene rings is 1. The van der Waals surface area contributed by atoms with Gasteiger partial charge in [0, 0.05) is 25.7 Å². The standard InChI is InChI=1S/C13H14N4O3/c1-8(18)20-10-5-3-9(4-6-10)12(19)16-13-15-11(14)7-17(13)2/h3-7H,14H2,1-2H3,(H,15,16,19). The number of imidazole rings is 1. The van der Waals surface area contributed by atoms with Gasteiger partial charge in [0.25, 0.3) is 5.91 Å². The molecule has 0 radical (unpaired) electrons. The van der Waals surface area contributed by atoms with Crippen LogP contribution in [0.25, 0.3) is 0 Å². The minimum atomic E-state index is -0.411. The molecule has 1 aromatic heterocycles. The second kappa shape index (κ2) is 5.43. The molecule has 0 saturated carbocycles. The van der Waals surface area contributed by atoms with Crippen LogP contribution in [0.2, 0.25) is 0 Å². The highest BCUT2D eigenvalue weighted by Crippen LogP contribution is 2.14. The first-order chi connectivity index (χ1) is 9.45. The maximum atomic E-state index is 12.0. The fraction of sp³-hybridized carbons (Fsp3) is 0.154. The van der Waals surface area contributed by atoms with Crippen molar-refractivity contribution >= 4 is 23.6 Å². The number of rotatable bonds is 3. The number of nitrogens with zero attached hydrogens (tertiary/aromatic N) is 2. The molecule has 20 heavy (non-hydrogen) atoms. The van der Waals surface area contributed by atoms with Crippen LogP contribution in [0.1, 0.15) is 17.3 Å². The largest absolute Gasteiger partial charge is 0.427 e. The Morgan fingerprint density at radius 3 is 2.45 bits per heavy atom. The van der Waals surface area contributed by atoms with Crippen LogP contribution >= 0.6 is 0 Å². The first-order valence-corrected chi connectivity index (χ1v) is 5.84. The predicted molar refractivity (Wildman–Crippen MR) is 73.3 cm³/mol. The van der Waals surface area contributed by atoms with Gasteiger partial charge in [-0.1, -0.05) is 0 Å². The van der Waals surface area contributed by atoms with Crippen molar-refractivity contribution in [3.63, 3.8) is 0 Å². The summed E-state index contributed by atoms with van der Waals surface area (Å²) in [7, 11) is 1.72. The molecular weight excluding hydrogens is 260 g/mol. The van der Waals surface area contributed by atoms with Gasteiger partial charge >= 0.3 is 5.97 Å². The van der Waals surface area contributed by atoms with Crippen LogP contribution in [0.5, 0.6) is 5.75 Å². The van der Waals surface area contributed by atoms with Gasteiger partial charge in [0.15, 0.2) is 0 Å². The van der Waals surface area contributed by atoms with E-state index >= 15 is 0 Å². The van der Waals surface area contributed by atoms with E-state index in [1.54, 1.807) is 42.1 Å². The Balaban J connectivity index is 2.09. The number of hydrogen-bond donors (Lipinski definition) is 2. The van der Waals surface area contributed by atoms with E-state index in [0.29, 0.717) is 23.1 Å². The molecule has 104 valence electrons. The van der Waals surface area contributed by atoms with E-state index in [4.69, 9.17) is 10.5 Å². The van der Waals surface area contributed by atoms with Crippen LogP contribution < -0.4 is 15.8 Å². The highest BCUT2D eigenvalue weighted by Gasteiger charge is 2.10. The van der Waals surface area contributed by atoms with E-state index in [-0.39, 0.29) is 5.91 Å². The van der Waals surface area contributed by atoms with Gasteiger partial charge in [-0.15, -0.1) is 0 Å². The summed E-state index contributed by atoms with van der Waals surface area (Å²) in [6.07, 6.45) is 1.60. The van der Waals surface area contributed by atoms with Crippen LogP contribution in [-0.4, -0.2) is 21.4 Å². The number of anilines is 2. The number of carbonyl (C=O) groups excluding carboxylic acids is 2. The fourth-order valence-electron chi connectivity index (χ4n) is 1.62. The Morgan fingerprint density at radius 1 is 1.30 bits per heavy atom. The molecular formula is C13H14N4O3. The topological polar surface area (TPSA) is 99.2 Å². The molecule has 7 heteroatoms. The average Bonchev–Trinajstić information content (AvgIpc) is 2.68. The highest BCUT2D eigenvalue weighted by molar-refractivity contribution is 6.03. The Hall–Kier alpha value is -2.83. The molecule has 3 N–H and O–H groups in total. The Bertz CT molecular complexity index is 646. The Kier molecular flexibility index (Phi) is 3.69. The average molecular weight is 274 g/mol. The molecule has 0 spiro atoms. The van der Waals surface area contributed by atoms with E-state index in [1.807, 2.05) is 0 Å². The van der Waals surface area contributed by atoms with E-state index in [1.165, 1.54) is 6.92 Å². The number of aromatic nitrogens is 2. The number of nitrogens with two attached hydrogens (primary N) is 1. The van der Waals surface area contributed by atoms with Gasteiger partial charge in [-0.2, -0.15) is 4.98 Å². The van der Waals surface area contributed by atoms with Crippen molar-refractivity contribution in [3.8, 4) is 5.75 Å². The second-order valence-electron chi connectivity index (χ2n) is 4.17. The van der Waals surface area contributed by atoms with Crippen LogP contribution in [0.15, 0.2) is 30.5 Å². The van der Waals surface area contributed by atoms with Gasteiger partial charge in [0.1, 0.15) is 11.6 Å². The number of carbonyl (C=O) groups is 2. The van der Waals surface area contributed by atoms with E-state index < -0.39 is 5.97 Å². The summed E-state index contributed by atoms with van der Waals surface area (Å²) in [6, 6.07) is 6.20. The summed E-state index contributed by atoms with van der Waals surface area (Å²) in [5.41, 5.74) is 5.95. The van der Waals surface area contributed by atoms with Gasteiger partial charge < -0.3 is 15.0 Å². The van der Waals surface area contributed by atoms with Crippen molar-refractivity contribution in [1.82, 2.24) is 9.55 Å². The highest BCUT2D eigenvalue weighted by atomic mass is 16.5. The zero-order chi connectivity index (χ0) is 14.7. The molecule has 0 aliphatic rings. The molecule has 2 aromatic rings. The maximum Gasteiger partial charge on any atom is 0.308 e. The van der Waals surface area contributed by atoms with Gasteiger partial charge in [-0.25, -0.2) is 0 Å². The molecule has 0 aliphatic carbocycles. The van der Waals surface area contributed by atoms with E-state index in [0.717, 1.165) is 0 Å². The molecule has 7 nitrogen and oxygen atoms in total. The fourth-order valence-corrected chi connectivity index (χ4v) is 1.62. The monoisotopic (exact) mass is 274 g/mol. The lowest BCUT2D eigenvalue weighted by atomic mass is 10.2. The SMILES string of the molecule is CC(=O)Oc1ccc(C(=O)Nc2nc(N)cn2C)cc1. The number of nitrogens with one attached hydrogen (secondary N) is 1. The van der Waals surface area contributed by atoms with E-state index in [2.05, 4.69) is 10.3 Å². The van der Waals surface area contributed by atoms with Gasteiger partial charge in [0.2, 0.25) is 5.95 Å². The third-order valence-corrected chi connectivity index (χ3v) is 2.50. The van der Waals surface area contributed by atoms with Gasteiger partial charge in [-0.3, -0.25) is 14.9 Å². The first-order valence-electron chi connectivity index (χ1n) is 5.84. The van der Waals surface area contributed by atoms with Gasteiger partial charge in [0.05, 0.1) is 0 Å². The molecule has 1 heterocycles. The summed E-state index contributed by atoms with van der Waals surface area (Å²) in [6.45, 7) is 1.31. The lowest BCUT2D eigenvalue weighted by molar-refractivity contribution is -0.131. The third kappa shape index (κ3) is 3.14. The quantitative estimate of drug-likeness (QED) is 0.646. The minimum absolute atomic E-state index is 0.326. The molecule has 0 aliphatic heterocycles. The smallest absolute Gasteiger partial charge is 0.308 e. The normalized spacial score (nSPS) is 10.1. The van der Waals surface area contributed by atoms with E-state index in [9.17, 15) is 9.59 Å². The molecule has 0 atom stereocenters. The summed E-state index contributed by atoms with van der Waals surface area (Å²) in [4.78, 5) is 26.8. The third-order valence-electron chi connectivity index (χ3n) is 2.50. The number of nitrogen functional groups attached to an aromatic ring is 1. The number of esters is 1. The first kappa shape index (κ1) is 13.6. The van der Waals surface area contributed by atoms with Crippen molar-refractivity contribution in [2.45, 2.75) is 6.92 Å². The zero-order valence-corrected chi connectivity index (χ0v) is 11.1. The van der Waals surface area contributed by atoms with Crippen LogP contribution in [0.4, 0.5) is 11.8 Å². The molecule has 1 amide bonds. The van der Waals surface area contributed by atoms with Crippen LogP contribution in [-0.2, 0) is 11.8 Å². The van der Waals surface area contributed by atoms with Crippen molar-refractivity contribution in [2.24, 2.45) is 7.05 Å². The molecule has 0 unspecified atom stereocenters. The molecule has 2 rings (SSSR count). The number of aryl methyl sites for hydroxylation is 1. The Morgan fingerprint density at radius 2 is 1.95 bits per heavy atom. The summed E-state index contributed by atoms with van der Waals surface area (Å²) in [5.74, 6) is 0.332. The predicted octanol–water partition coefficient (Wildman–Crippen LogP) is 1.18. The molecule has 0 fully saturated rings. The number of hydrogen-bond acceptors (Lipinski definition) is 5. The van der Waals surface area contributed by atoms with Crippen LogP contribution in [0.3, 0.4) is 0 Å². The lowest BCUT2D eigenvalue weighted by Gasteiger charge is -2.05. The maximum absolute atomic E-state index is 12.0. The van der Waals surface area contributed by atoms with Crippen molar-refractivity contribution in [3.05, 3.63) is 36.0 Å². The molecule has 0 saturated heterocycles. The van der Waals surface area contributed by atoms with Crippen molar-refractivity contribution in [1.29, 1.82) is 0 Å². The Labute approximate surface area is 115 Å². The summed E-state index contributed by atoms with van der Waals surface area (Å²) in [5, 5.41) is 2.63. The zero-order valence-electron chi connectivity index (χ0n) is 11.1. The number of ether oxygens (including phenoxy) is 1. The van der Waals surface area contributed by atoms with Gasteiger partial charge in [-0.05, 0) is 24.3 Å². The second-order valence-corrected chi connectivity index (χ2v) is 4.17. The van der Waals surface area contributed by atoms with Crippen molar-refractivity contribution in [2.75, 3.05) is 11.1 Å². The number of amides is 1. The molecule has 0 bridgehead atoms. The summed E-state index contributed by atoms with van der Waals surface area (Å²) < 4.78 is 6.50. The minimum Gasteiger partial charge on any atom is -0.427 e. The van der Waals surface area contributed by atoms with Crippen molar-refractivity contribution < 1.29 is 14.3 Å². The molecule has 1 aromatic carbocycles. The van der Waals surface area contributed by atoms with Crippen LogP contribution in [0, 0.1) is 0 Å². The lowest BCUT2D eigenvalue weighted by Crippen LogP contribution is -2.15. The summed E-state index contributed by atoms with van der Waals surface area (Å²) >= 11 is 0.